The predicted molar refractivity (Wildman–Crippen MR) is 84.8 cm³/mol. The van der Waals surface area contributed by atoms with Crippen molar-refractivity contribution in [3.8, 4) is 5.75 Å². The Labute approximate surface area is 128 Å². The molecule has 0 atom stereocenters. The summed E-state index contributed by atoms with van der Waals surface area (Å²) in [5.41, 5.74) is 8.53. The third-order valence-corrected chi connectivity index (χ3v) is 3.67. The number of anilines is 1. The topological polar surface area (TPSA) is 64.3 Å². The fraction of sp³-hybridized carbons (Fsp3) is 0.188. The van der Waals surface area contributed by atoms with Crippen molar-refractivity contribution in [2.45, 2.75) is 13.5 Å². The highest BCUT2D eigenvalue weighted by Crippen LogP contribution is 2.22. The molecule has 0 unspecified atom stereocenters. The summed E-state index contributed by atoms with van der Waals surface area (Å²) in [6.07, 6.45) is 0. The molecule has 2 aromatic rings. The molecule has 0 saturated heterocycles. The Balaban J connectivity index is 2.15. The lowest BCUT2D eigenvalue weighted by Gasteiger charge is -2.12. The minimum absolute atomic E-state index is 0.181. The standard InChI is InChI=1S/C16H17ClN2O2/c1-10-13(4-3-5-14(10)17)16(20)19-9-11-8-12(18)6-7-15(11)21-2/h3-8H,9,18H2,1-2H3,(H,19,20). The van der Waals surface area contributed by atoms with Gasteiger partial charge in [-0.2, -0.15) is 0 Å². The number of carbonyl (C=O) groups is 1. The SMILES string of the molecule is COc1ccc(N)cc1CNC(=O)c1cccc(Cl)c1C. The smallest absolute Gasteiger partial charge is 0.251 e. The average molecular weight is 305 g/mol. The lowest BCUT2D eigenvalue weighted by molar-refractivity contribution is 0.0950. The van der Waals surface area contributed by atoms with Gasteiger partial charge in [-0.15, -0.1) is 0 Å². The summed E-state index contributed by atoms with van der Waals surface area (Å²) in [6, 6.07) is 10.6. The number of amides is 1. The lowest BCUT2D eigenvalue weighted by atomic mass is 10.1. The van der Waals surface area contributed by atoms with E-state index in [0.717, 1.165) is 11.1 Å². The maximum Gasteiger partial charge on any atom is 0.251 e. The Morgan fingerprint density at radius 2 is 2.10 bits per heavy atom. The van der Waals surface area contributed by atoms with Gasteiger partial charge < -0.3 is 15.8 Å². The molecule has 0 aromatic heterocycles. The molecule has 2 rings (SSSR count). The quantitative estimate of drug-likeness (QED) is 0.853. The van der Waals surface area contributed by atoms with Crippen molar-refractivity contribution in [3.05, 3.63) is 58.1 Å². The van der Waals surface area contributed by atoms with Crippen molar-refractivity contribution < 1.29 is 9.53 Å². The summed E-state index contributed by atoms with van der Waals surface area (Å²) in [5.74, 6) is 0.506. The van der Waals surface area contributed by atoms with Crippen molar-refractivity contribution >= 4 is 23.2 Å². The first-order valence-electron chi connectivity index (χ1n) is 6.48. The molecule has 0 radical (unpaired) electrons. The largest absolute Gasteiger partial charge is 0.496 e. The molecule has 5 heteroatoms. The zero-order valence-corrected chi connectivity index (χ0v) is 12.7. The maximum atomic E-state index is 12.2. The van der Waals surface area contributed by atoms with E-state index in [0.29, 0.717) is 28.6 Å². The summed E-state index contributed by atoms with van der Waals surface area (Å²) >= 11 is 6.03. The van der Waals surface area contributed by atoms with E-state index in [1.54, 1.807) is 43.5 Å². The number of nitrogens with two attached hydrogens (primary N) is 1. The molecule has 0 aliphatic heterocycles. The number of carbonyl (C=O) groups excluding carboxylic acids is 1. The molecule has 21 heavy (non-hydrogen) atoms. The summed E-state index contributed by atoms with van der Waals surface area (Å²) in [7, 11) is 1.58. The van der Waals surface area contributed by atoms with Crippen LogP contribution >= 0.6 is 11.6 Å². The van der Waals surface area contributed by atoms with E-state index >= 15 is 0 Å². The zero-order chi connectivity index (χ0) is 15.4. The van der Waals surface area contributed by atoms with Crippen LogP contribution in [-0.2, 0) is 6.54 Å². The van der Waals surface area contributed by atoms with E-state index < -0.39 is 0 Å². The van der Waals surface area contributed by atoms with Crippen LogP contribution in [0.3, 0.4) is 0 Å². The predicted octanol–water partition coefficient (Wildman–Crippen LogP) is 3.17. The van der Waals surface area contributed by atoms with Gasteiger partial charge in [0.15, 0.2) is 0 Å². The van der Waals surface area contributed by atoms with Gasteiger partial charge in [0.2, 0.25) is 0 Å². The second-order valence-corrected chi connectivity index (χ2v) is 5.07. The molecule has 0 heterocycles. The first-order valence-corrected chi connectivity index (χ1v) is 6.86. The first kappa shape index (κ1) is 15.2. The molecule has 0 aliphatic rings. The van der Waals surface area contributed by atoms with Crippen LogP contribution in [-0.4, -0.2) is 13.0 Å². The van der Waals surface area contributed by atoms with E-state index in [1.165, 1.54) is 0 Å². The molecule has 4 nitrogen and oxygen atoms in total. The molecule has 0 aliphatic carbocycles. The van der Waals surface area contributed by atoms with Gasteiger partial charge in [-0.25, -0.2) is 0 Å². The minimum atomic E-state index is -0.181. The number of hydrogen-bond acceptors (Lipinski definition) is 3. The number of methoxy groups -OCH3 is 1. The van der Waals surface area contributed by atoms with Crippen LogP contribution in [0.1, 0.15) is 21.5 Å². The van der Waals surface area contributed by atoms with Gasteiger partial charge in [-0.3, -0.25) is 4.79 Å². The van der Waals surface area contributed by atoms with Crippen molar-refractivity contribution in [3.63, 3.8) is 0 Å². The molecule has 3 N–H and O–H groups in total. The van der Waals surface area contributed by atoms with Crippen molar-refractivity contribution in [2.75, 3.05) is 12.8 Å². The third-order valence-electron chi connectivity index (χ3n) is 3.26. The monoisotopic (exact) mass is 304 g/mol. The van der Waals surface area contributed by atoms with E-state index in [1.807, 2.05) is 6.92 Å². The highest BCUT2D eigenvalue weighted by Gasteiger charge is 2.12. The fourth-order valence-corrected chi connectivity index (χ4v) is 2.24. The summed E-state index contributed by atoms with van der Waals surface area (Å²) in [6.45, 7) is 2.15. The number of benzene rings is 2. The Bertz CT molecular complexity index is 671. The van der Waals surface area contributed by atoms with Crippen molar-refractivity contribution in [1.29, 1.82) is 0 Å². The van der Waals surface area contributed by atoms with E-state index in [4.69, 9.17) is 22.1 Å². The Morgan fingerprint density at radius 1 is 1.33 bits per heavy atom. The lowest BCUT2D eigenvalue weighted by Crippen LogP contribution is -2.24. The number of nitrogens with one attached hydrogen (secondary N) is 1. The highest BCUT2D eigenvalue weighted by molar-refractivity contribution is 6.31. The van der Waals surface area contributed by atoms with Crippen molar-refractivity contribution in [1.82, 2.24) is 5.32 Å². The van der Waals surface area contributed by atoms with E-state index in [9.17, 15) is 4.79 Å². The molecule has 110 valence electrons. The molecule has 0 bridgehead atoms. The number of rotatable bonds is 4. The molecular formula is C16H17ClN2O2. The van der Waals surface area contributed by atoms with Crippen LogP contribution in [0.4, 0.5) is 5.69 Å². The van der Waals surface area contributed by atoms with Gasteiger partial charge in [0.05, 0.1) is 7.11 Å². The van der Waals surface area contributed by atoms with Crippen LogP contribution in [0.25, 0.3) is 0 Å². The molecule has 0 saturated carbocycles. The number of halogens is 1. The first-order chi connectivity index (χ1) is 10.0. The second-order valence-electron chi connectivity index (χ2n) is 4.67. The average Bonchev–Trinajstić information content (AvgIpc) is 2.47. The Hall–Kier alpha value is -2.20. The van der Waals surface area contributed by atoms with Crippen molar-refractivity contribution in [2.24, 2.45) is 0 Å². The molecular weight excluding hydrogens is 288 g/mol. The maximum absolute atomic E-state index is 12.2. The van der Waals surface area contributed by atoms with E-state index in [2.05, 4.69) is 5.32 Å². The van der Waals surface area contributed by atoms with Gasteiger partial charge in [0.25, 0.3) is 5.91 Å². The van der Waals surface area contributed by atoms with Crippen LogP contribution in [0.5, 0.6) is 5.75 Å². The summed E-state index contributed by atoms with van der Waals surface area (Å²) < 4.78 is 5.25. The fourth-order valence-electron chi connectivity index (χ4n) is 2.06. The number of hydrogen-bond donors (Lipinski definition) is 2. The van der Waals surface area contributed by atoms with Gasteiger partial charge >= 0.3 is 0 Å². The van der Waals surface area contributed by atoms with Crippen LogP contribution in [0, 0.1) is 6.92 Å². The Morgan fingerprint density at radius 3 is 2.81 bits per heavy atom. The van der Waals surface area contributed by atoms with Crippen LogP contribution in [0.15, 0.2) is 36.4 Å². The van der Waals surface area contributed by atoms with Crippen LogP contribution < -0.4 is 15.8 Å². The summed E-state index contributed by atoms with van der Waals surface area (Å²) in [5, 5.41) is 3.43. The molecule has 2 aromatic carbocycles. The van der Waals surface area contributed by atoms with Gasteiger partial charge in [-0.1, -0.05) is 17.7 Å². The third kappa shape index (κ3) is 3.47. The second kappa shape index (κ2) is 6.50. The summed E-state index contributed by atoms with van der Waals surface area (Å²) in [4.78, 5) is 12.2. The normalized spacial score (nSPS) is 10.2. The van der Waals surface area contributed by atoms with E-state index in [-0.39, 0.29) is 5.91 Å². The molecule has 0 spiro atoms. The van der Waals surface area contributed by atoms with Gasteiger partial charge in [-0.05, 0) is 42.8 Å². The van der Waals surface area contributed by atoms with Gasteiger partial charge in [0, 0.05) is 28.4 Å². The minimum Gasteiger partial charge on any atom is -0.496 e. The van der Waals surface area contributed by atoms with Gasteiger partial charge in [0.1, 0.15) is 5.75 Å². The molecule has 1 amide bonds. The number of nitrogen functional groups attached to an aromatic ring is 1. The molecule has 0 fully saturated rings. The number of ether oxygens (including phenoxy) is 1. The zero-order valence-electron chi connectivity index (χ0n) is 11.9. The Kier molecular flexibility index (Phi) is 4.70. The highest BCUT2D eigenvalue weighted by atomic mass is 35.5. The van der Waals surface area contributed by atoms with Crippen LogP contribution in [0.2, 0.25) is 5.02 Å².